The van der Waals surface area contributed by atoms with E-state index in [1.165, 1.54) is 0 Å². The van der Waals surface area contributed by atoms with Crippen LogP contribution in [0.15, 0.2) is 89.4 Å². The van der Waals surface area contributed by atoms with Crippen LogP contribution in [-0.4, -0.2) is 20.8 Å². The van der Waals surface area contributed by atoms with Crippen molar-refractivity contribution in [3.63, 3.8) is 0 Å². The Labute approximate surface area is 165 Å². The van der Waals surface area contributed by atoms with Crippen LogP contribution < -0.4 is 0 Å². The average Bonchev–Trinajstić information content (AvgIpc) is 3.13. The fourth-order valence-electron chi connectivity index (χ4n) is 2.95. The van der Waals surface area contributed by atoms with Gasteiger partial charge in [0, 0.05) is 15.6 Å². The van der Waals surface area contributed by atoms with Crippen LogP contribution in [0, 0.1) is 0 Å². The lowest BCUT2D eigenvalue weighted by Crippen LogP contribution is -2.07. The number of aromatic nitrogens is 3. The lowest BCUT2D eigenvalue weighted by atomic mass is 10.0. The topological polar surface area (TPSA) is 47.8 Å². The molecule has 3 aromatic carbocycles. The molecule has 0 saturated heterocycles. The maximum Gasteiger partial charge on any atom is 0.215 e. The highest BCUT2D eigenvalue weighted by molar-refractivity contribution is 9.10. The first-order valence-corrected chi connectivity index (χ1v) is 9.35. The van der Waals surface area contributed by atoms with Crippen molar-refractivity contribution in [2.45, 2.75) is 6.54 Å². The number of hydrogen-bond acceptors (Lipinski definition) is 3. The summed E-state index contributed by atoms with van der Waals surface area (Å²) >= 11 is 3.40. The van der Waals surface area contributed by atoms with Crippen molar-refractivity contribution in [1.29, 1.82) is 0 Å². The Balaban J connectivity index is 1.80. The molecule has 0 aliphatic rings. The molecular formula is C22H16BrN3O. The highest BCUT2D eigenvalue weighted by atomic mass is 79.9. The fraction of sp³-hybridized carbons (Fsp3) is 0.0455. The molecular weight excluding hydrogens is 402 g/mol. The Hall–Kier alpha value is -3.05. The van der Waals surface area contributed by atoms with E-state index in [1.807, 2.05) is 72.8 Å². The Morgan fingerprint density at radius 3 is 2.15 bits per heavy atom. The summed E-state index contributed by atoms with van der Waals surface area (Å²) in [5.74, 6) is -0.138. The van der Waals surface area contributed by atoms with Crippen molar-refractivity contribution >= 4 is 21.7 Å². The van der Waals surface area contributed by atoms with Gasteiger partial charge < -0.3 is 0 Å². The van der Waals surface area contributed by atoms with E-state index < -0.39 is 0 Å². The van der Waals surface area contributed by atoms with Crippen LogP contribution in [0.5, 0.6) is 0 Å². The smallest absolute Gasteiger partial charge is 0.215 e. The minimum absolute atomic E-state index is 0.138. The van der Waals surface area contributed by atoms with Gasteiger partial charge in [0.1, 0.15) is 5.69 Å². The van der Waals surface area contributed by atoms with Crippen molar-refractivity contribution in [3.8, 4) is 11.3 Å². The minimum atomic E-state index is -0.138. The second-order valence-electron chi connectivity index (χ2n) is 6.13. The summed E-state index contributed by atoms with van der Waals surface area (Å²) in [6, 6.07) is 27.1. The number of rotatable bonds is 5. The molecule has 0 fully saturated rings. The number of halogens is 1. The van der Waals surface area contributed by atoms with Crippen molar-refractivity contribution in [3.05, 3.63) is 106 Å². The normalized spacial score (nSPS) is 10.7. The summed E-state index contributed by atoms with van der Waals surface area (Å²) in [7, 11) is 0. The lowest BCUT2D eigenvalue weighted by molar-refractivity contribution is 0.103. The minimum Gasteiger partial charge on any atom is -0.287 e. The van der Waals surface area contributed by atoms with Gasteiger partial charge in [0.2, 0.25) is 5.78 Å². The van der Waals surface area contributed by atoms with Gasteiger partial charge in [0.15, 0.2) is 5.69 Å². The average molecular weight is 418 g/mol. The molecule has 1 heterocycles. The van der Waals surface area contributed by atoms with Gasteiger partial charge >= 0.3 is 0 Å². The van der Waals surface area contributed by atoms with E-state index in [4.69, 9.17) is 0 Å². The molecule has 4 aromatic rings. The third-order valence-electron chi connectivity index (χ3n) is 4.28. The van der Waals surface area contributed by atoms with Gasteiger partial charge in [-0.25, -0.2) is 4.68 Å². The Morgan fingerprint density at radius 2 is 1.48 bits per heavy atom. The standard InChI is InChI=1S/C22H16BrN3O/c23-19-13-11-18(12-14-19)22(27)20-21(17-9-5-2-6-10-17)26(25-24-20)15-16-7-3-1-4-8-16/h1-14H,15H2. The van der Waals surface area contributed by atoms with E-state index in [1.54, 1.807) is 16.8 Å². The molecule has 0 aliphatic heterocycles. The fourth-order valence-corrected chi connectivity index (χ4v) is 3.22. The second kappa shape index (κ2) is 7.68. The first-order valence-electron chi connectivity index (χ1n) is 8.55. The SMILES string of the molecule is O=C(c1ccc(Br)cc1)c1nnn(Cc2ccccc2)c1-c1ccccc1. The van der Waals surface area contributed by atoms with Crippen LogP contribution in [0.3, 0.4) is 0 Å². The molecule has 0 atom stereocenters. The molecule has 0 amide bonds. The number of hydrogen-bond donors (Lipinski definition) is 0. The lowest BCUT2D eigenvalue weighted by Gasteiger charge is -2.08. The molecule has 0 aliphatic carbocycles. The van der Waals surface area contributed by atoms with Gasteiger partial charge in [-0.2, -0.15) is 0 Å². The van der Waals surface area contributed by atoms with Gasteiger partial charge in [-0.15, -0.1) is 5.10 Å². The van der Waals surface area contributed by atoms with E-state index in [2.05, 4.69) is 26.2 Å². The predicted molar refractivity (Wildman–Crippen MR) is 109 cm³/mol. The summed E-state index contributed by atoms with van der Waals surface area (Å²) in [5, 5.41) is 8.53. The highest BCUT2D eigenvalue weighted by Gasteiger charge is 2.22. The van der Waals surface area contributed by atoms with E-state index in [9.17, 15) is 4.79 Å². The first-order chi connectivity index (χ1) is 13.2. The van der Waals surface area contributed by atoms with Crippen molar-refractivity contribution in [2.75, 3.05) is 0 Å². The molecule has 0 saturated carbocycles. The van der Waals surface area contributed by atoms with E-state index in [-0.39, 0.29) is 5.78 Å². The zero-order valence-electron chi connectivity index (χ0n) is 14.4. The number of ketones is 1. The van der Waals surface area contributed by atoms with Crippen molar-refractivity contribution in [1.82, 2.24) is 15.0 Å². The predicted octanol–water partition coefficient (Wildman–Crippen LogP) is 4.99. The van der Waals surface area contributed by atoms with Crippen molar-refractivity contribution < 1.29 is 4.79 Å². The molecule has 0 spiro atoms. The van der Waals surface area contributed by atoms with Crippen molar-refractivity contribution in [2.24, 2.45) is 0 Å². The quantitative estimate of drug-likeness (QED) is 0.429. The van der Waals surface area contributed by atoms with Crippen LogP contribution in [-0.2, 0) is 6.54 Å². The zero-order chi connectivity index (χ0) is 18.6. The molecule has 0 radical (unpaired) electrons. The van der Waals surface area contributed by atoms with Crippen LogP contribution in [0.2, 0.25) is 0 Å². The molecule has 4 rings (SSSR count). The summed E-state index contributed by atoms with van der Waals surface area (Å²) in [5.41, 5.74) is 3.69. The van der Waals surface area contributed by atoms with E-state index in [0.717, 1.165) is 21.3 Å². The number of nitrogens with zero attached hydrogens (tertiary/aromatic N) is 3. The molecule has 0 unspecified atom stereocenters. The molecule has 0 N–H and O–H groups in total. The Bertz CT molecular complexity index is 1060. The van der Waals surface area contributed by atoms with Crippen LogP contribution in [0.25, 0.3) is 11.3 Å². The zero-order valence-corrected chi connectivity index (χ0v) is 16.0. The van der Waals surface area contributed by atoms with E-state index >= 15 is 0 Å². The molecule has 0 bridgehead atoms. The molecule has 132 valence electrons. The first kappa shape index (κ1) is 17.4. The Kier molecular flexibility index (Phi) is 4.94. The van der Waals surface area contributed by atoms with Gasteiger partial charge in [-0.05, 0) is 29.8 Å². The summed E-state index contributed by atoms with van der Waals surface area (Å²) in [6.07, 6.45) is 0. The summed E-state index contributed by atoms with van der Waals surface area (Å²) < 4.78 is 2.71. The van der Waals surface area contributed by atoms with Crippen LogP contribution in [0.4, 0.5) is 0 Å². The summed E-state index contributed by atoms with van der Waals surface area (Å²) in [4.78, 5) is 13.1. The Morgan fingerprint density at radius 1 is 0.852 bits per heavy atom. The van der Waals surface area contributed by atoms with Crippen LogP contribution >= 0.6 is 15.9 Å². The second-order valence-corrected chi connectivity index (χ2v) is 7.05. The van der Waals surface area contributed by atoms with Gasteiger partial charge in [0.25, 0.3) is 0 Å². The molecule has 4 nitrogen and oxygen atoms in total. The molecule has 27 heavy (non-hydrogen) atoms. The number of carbonyl (C=O) groups is 1. The highest BCUT2D eigenvalue weighted by Crippen LogP contribution is 2.25. The largest absolute Gasteiger partial charge is 0.287 e. The van der Waals surface area contributed by atoms with Gasteiger partial charge in [0.05, 0.1) is 6.54 Å². The third kappa shape index (κ3) is 3.73. The monoisotopic (exact) mass is 417 g/mol. The number of benzene rings is 3. The van der Waals surface area contributed by atoms with Gasteiger partial charge in [-0.3, -0.25) is 4.79 Å². The van der Waals surface area contributed by atoms with Crippen LogP contribution in [0.1, 0.15) is 21.6 Å². The maximum absolute atomic E-state index is 13.1. The molecule has 5 heteroatoms. The van der Waals surface area contributed by atoms with E-state index in [0.29, 0.717) is 17.8 Å². The molecule has 1 aromatic heterocycles. The number of carbonyl (C=O) groups excluding carboxylic acids is 1. The van der Waals surface area contributed by atoms with Gasteiger partial charge in [-0.1, -0.05) is 81.8 Å². The maximum atomic E-state index is 13.1. The third-order valence-corrected chi connectivity index (χ3v) is 4.81. The summed E-state index contributed by atoms with van der Waals surface area (Å²) in [6.45, 7) is 0.547.